The average molecular weight is 611 g/mol. The number of amides is 2. The molecular formula is C33H46N4O7. The second-order valence-electron chi connectivity index (χ2n) is 13.4. The summed E-state index contributed by atoms with van der Waals surface area (Å²) < 4.78 is 23.7. The summed E-state index contributed by atoms with van der Waals surface area (Å²) in [5, 5.41) is 2.87. The van der Waals surface area contributed by atoms with Crippen LogP contribution in [0.3, 0.4) is 0 Å². The number of nitrogens with one attached hydrogen (secondary N) is 1. The van der Waals surface area contributed by atoms with Gasteiger partial charge in [0, 0.05) is 13.2 Å². The van der Waals surface area contributed by atoms with E-state index in [0.717, 1.165) is 56.2 Å². The van der Waals surface area contributed by atoms with Crippen molar-refractivity contribution < 1.29 is 33.3 Å². The molecule has 2 fully saturated rings. The number of Topliss-reactive ketones (excluding diaryl/α,β-unsaturated/α-hetero) is 1. The monoisotopic (exact) mass is 610 g/mol. The molecule has 1 aromatic heterocycles. The number of aryl methyl sites for hydroxylation is 1. The second-order valence-corrected chi connectivity index (χ2v) is 13.4. The number of hydrogen-bond donors (Lipinski definition) is 1. The Bertz CT molecular complexity index is 1380. The number of alkyl carbamates (subject to hydrolysis) is 1. The van der Waals surface area contributed by atoms with Crippen molar-refractivity contribution in [3.63, 3.8) is 0 Å². The van der Waals surface area contributed by atoms with Crippen molar-refractivity contribution in [2.45, 2.75) is 109 Å². The molecule has 0 spiro atoms. The normalized spacial score (nSPS) is 28.6. The first-order valence-electron chi connectivity index (χ1n) is 15.8. The third-order valence-corrected chi connectivity index (χ3v) is 9.24. The van der Waals surface area contributed by atoms with Crippen molar-refractivity contribution in [3.8, 4) is 11.6 Å². The Labute approximate surface area is 259 Å². The highest BCUT2D eigenvalue weighted by Crippen LogP contribution is 2.35. The minimum atomic E-state index is -0.935. The standard InChI is InChI=1S/C33H46N4O7/c1-19(38)27-28(42-6)26-18-37(27)31(39)29(33(2,3)4)36-32(40)44-25-14-10-12-20(25)11-8-7-9-13-23-30(43-26)35-24-17-21(41-5)15-16-22(24)34-23/h15-17,20,25-29H,7-14,18H2,1-6H3,(H,36,40)/t20-,25-,26+,27-,28-,29-/m1/s1. The van der Waals surface area contributed by atoms with E-state index in [1.165, 1.54) is 18.9 Å². The van der Waals surface area contributed by atoms with Gasteiger partial charge in [-0.1, -0.05) is 33.6 Å². The van der Waals surface area contributed by atoms with Crippen LogP contribution in [0.25, 0.3) is 11.0 Å². The minimum Gasteiger partial charge on any atom is -0.497 e. The number of hydrogen-bond acceptors (Lipinski definition) is 9. The fraction of sp³-hybridized carbons (Fsp3) is 0.667. The topological polar surface area (TPSA) is 129 Å². The molecule has 240 valence electrons. The summed E-state index contributed by atoms with van der Waals surface area (Å²) in [6.45, 7) is 7.16. The Morgan fingerprint density at radius 2 is 1.75 bits per heavy atom. The quantitative estimate of drug-likeness (QED) is 0.529. The molecule has 2 aliphatic heterocycles. The van der Waals surface area contributed by atoms with Crippen molar-refractivity contribution >= 4 is 28.8 Å². The molecule has 0 radical (unpaired) electrons. The van der Waals surface area contributed by atoms with Gasteiger partial charge in [0.15, 0.2) is 5.78 Å². The van der Waals surface area contributed by atoms with Crippen molar-refractivity contribution in [1.82, 2.24) is 20.2 Å². The molecule has 0 unspecified atom stereocenters. The Morgan fingerprint density at radius 3 is 2.45 bits per heavy atom. The van der Waals surface area contributed by atoms with Gasteiger partial charge in [0.05, 0.1) is 24.7 Å². The van der Waals surface area contributed by atoms with Crippen LogP contribution in [0.1, 0.15) is 78.3 Å². The maximum Gasteiger partial charge on any atom is 0.408 e. The first-order chi connectivity index (χ1) is 21.0. The van der Waals surface area contributed by atoms with Gasteiger partial charge in [-0.15, -0.1) is 0 Å². The lowest BCUT2D eigenvalue weighted by molar-refractivity contribution is -0.143. The lowest BCUT2D eigenvalue weighted by Gasteiger charge is -2.35. The number of carbonyl (C=O) groups is 3. The van der Waals surface area contributed by atoms with Gasteiger partial charge in [-0.3, -0.25) is 9.59 Å². The third kappa shape index (κ3) is 6.77. The smallest absolute Gasteiger partial charge is 0.408 e. The number of benzene rings is 1. The number of ether oxygens (including phenoxy) is 4. The number of fused-ring (bicyclic) bond motifs is 5. The van der Waals surface area contributed by atoms with Gasteiger partial charge in [0.2, 0.25) is 11.8 Å². The first kappa shape index (κ1) is 31.9. The molecular weight excluding hydrogens is 564 g/mol. The number of carbonyl (C=O) groups excluding carboxylic acids is 3. The summed E-state index contributed by atoms with van der Waals surface area (Å²) in [6.07, 6.45) is 5.14. The molecule has 11 nitrogen and oxygen atoms in total. The van der Waals surface area contributed by atoms with Crippen LogP contribution < -0.4 is 14.8 Å². The molecule has 2 amide bonds. The van der Waals surface area contributed by atoms with E-state index in [1.54, 1.807) is 7.11 Å². The molecule has 3 aliphatic rings. The molecule has 3 heterocycles. The van der Waals surface area contributed by atoms with Gasteiger partial charge in [-0.05, 0) is 68.9 Å². The lowest BCUT2D eigenvalue weighted by Crippen LogP contribution is -2.57. The van der Waals surface area contributed by atoms with Gasteiger partial charge in [-0.25, -0.2) is 14.8 Å². The van der Waals surface area contributed by atoms with Crippen molar-refractivity contribution in [1.29, 1.82) is 0 Å². The highest BCUT2D eigenvalue weighted by atomic mass is 16.6. The van der Waals surface area contributed by atoms with Crippen LogP contribution in [0.15, 0.2) is 18.2 Å². The second kappa shape index (κ2) is 13.3. The Balaban J connectivity index is 1.54. The molecule has 2 bridgehead atoms. The van der Waals surface area contributed by atoms with Crippen molar-refractivity contribution in [2.24, 2.45) is 11.3 Å². The zero-order valence-corrected chi connectivity index (χ0v) is 26.8. The number of methoxy groups -OCH3 is 2. The molecule has 1 N–H and O–H groups in total. The van der Waals surface area contributed by atoms with Gasteiger partial charge in [0.1, 0.15) is 41.8 Å². The summed E-state index contributed by atoms with van der Waals surface area (Å²) in [5.74, 6) is 0.685. The van der Waals surface area contributed by atoms with Crippen LogP contribution in [0.4, 0.5) is 4.79 Å². The predicted octanol–water partition coefficient (Wildman–Crippen LogP) is 4.63. The summed E-state index contributed by atoms with van der Waals surface area (Å²) >= 11 is 0. The Hall–Kier alpha value is -3.47. The van der Waals surface area contributed by atoms with E-state index >= 15 is 0 Å². The highest BCUT2D eigenvalue weighted by molar-refractivity contribution is 5.93. The largest absolute Gasteiger partial charge is 0.497 e. The van der Waals surface area contributed by atoms with E-state index in [0.29, 0.717) is 29.5 Å². The van der Waals surface area contributed by atoms with Gasteiger partial charge in [-0.2, -0.15) is 0 Å². The molecule has 1 aliphatic carbocycles. The van der Waals surface area contributed by atoms with E-state index in [9.17, 15) is 14.4 Å². The highest BCUT2D eigenvalue weighted by Gasteiger charge is 2.51. The van der Waals surface area contributed by atoms with Crippen LogP contribution in [0, 0.1) is 11.3 Å². The van der Waals surface area contributed by atoms with E-state index in [-0.39, 0.29) is 24.3 Å². The summed E-state index contributed by atoms with van der Waals surface area (Å²) in [7, 11) is 3.11. The zero-order valence-electron chi connectivity index (χ0n) is 26.8. The van der Waals surface area contributed by atoms with Crippen LogP contribution in [-0.4, -0.2) is 83.8 Å². The first-order valence-corrected chi connectivity index (χ1v) is 15.8. The fourth-order valence-electron chi connectivity index (χ4n) is 6.90. The molecule has 1 saturated heterocycles. The van der Waals surface area contributed by atoms with Crippen molar-refractivity contribution in [3.05, 3.63) is 23.9 Å². The van der Waals surface area contributed by atoms with Crippen LogP contribution in [0.2, 0.25) is 0 Å². The Morgan fingerprint density at radius 1 is 0.977 bits per heavy atom. The van der Waals surface area contributed by atoms with Gasteiger partial charge < -0.3 is 29.2 Å². The Kier molecular flexibility index (Phi) is 9.62. The zero-order chi connectivity index (χ0) is 31.6. The molecule has 5 rings (SSSR count). The number of ketones is 1. The maximum absolute atomic E-state index is 14.2. The molecule has 2 aromatic rings. The van der Waals surface area contributed by atoms with Gasteiger partial charge >= 0.3 is 6.09 Å². The third-order valence-electron chi connectivity index (χ3n) is 9.24. The van der Waals surface area contributed by atoms with E-state index in [1.807, 2.05) is 39.0 Å². The molecule has 11 heteroatoms. The molecule has 6 atom stereocenters. The maximum atomic E-state index is 14.2. The van der Waals surface area contributed by atoms with E-state index in [2.05, 4.69) is 5.32 Å². The van der Waals surface area contributed by atoms with E-state index in [4.69, 9.17) is 28.9 Å². The summed E-state index contributed by atoms with van der Waals surface area (Å²) in [6, 6.07) is 3.71. The molecule has 1 saturated carbocycles. The molecule has 1 aromatic carbocycles. The lowest BCUT2D eigenvalue weighted by atomic mass is 9.85. The van der Waals surface area contributed by atoms with Crippen LogP contribution >= 0.6 is 0 Å². The number of aromatic nitrogens is 2. The fourth-order valence-corrected chi connectivity index (χ4v) is 6.90. The SMILES string of the molecule is COc1ccc2nc3c(nc2c1)O[C@H]1CN(C(=O)[C@H](C(C)(C)C)NC(=O)O[C@@H]2CCC[C@H]2CCCCC3)[C@H](C(C)=O)[C@@H]1OC. The van der Waals surface area contributed by atoms with Gasteiger partial charge in [0.25, 0.3) is 0 Å². The van der Waals surface area contributed by atoms with E-state index < -0.39 is 35.8 Å². The molecule has 44 heavy (non-hydrogen) atoms. The van der Waals surface area contributed by atoms with Crippen molar-refractivity contribution in [2.75, 3.05) is 20.8 Å². The average Bonchev–Trinajstić information content (AvgIpc) is 3.58. The predicted molar refractivity (Wildman–Crippen MR) is 164 cm³/mol. The number of nitrogens with zero attached hydrogens (tertiary/aromatic N) is 3. The number of rotatable bonds is 3. The minimum absolute atomic E-state index is 0.0763. The summed E-state index contributed by atoms with van der Waals surface area (Å²) in [4.78, 5) is 51.8. The summed E-state index contributed by atoms with van der Waals surface area (Å²) in [5.41, 5.74) is 1.42. The van der Waals surface area contributed by atoms with Crippen LogP contribution in [-0.2, 0) is 25.5 Å². The van der Waals surface area contributed by atoms with Crippen LogP contribution in [0.5, 0.6) is 11.6 Å².